The van der Waals surface area contributed by atoms with Crippen molar-refractivity contribution >= 4 is 5.96 Å². The van der Waals surface area contributed by atoms with Crippen LogP contribution in [0.15, 0.2) is 23.2 Å². The highest BCUT2D eigenvalue weighted by atomic mass is 16.5. The molecule has 1 aromatic rings. The molecule has 128 valence electrons. The number of benzene rings is 1. The third-order valence-corrected chi connectivity index (χ3v) is 5.00. The molecule has 5 nitrogen and oxygen atoms in total. The second kappa shape index (κ2) is 8.09. The number of nitrogens with zero attached hydrogens (tertiary/aromatic N) is 1. The molecule has 0 spiro atoms. The second-order valence-electron chi connectivity index (χ2n) is 6.30. The van der Waals surface area contributed by atoms with Crippen LogP contribution in [0.5, 0.6) is 11.5 Å². The topological polar surface area (TPSA) is 65.9 Å². The monoisotopic (exact) mass is 319 g/mol. The first-order valence-electron chi connectivity index (χ1n) is 8.43. The molecule has 1 aliphatic carbocycles. The highest BCUT2D eigenvalue weighted by molar-refractivity contribution is 5.79. The van der Waals surface area contributed by atoms with Gasteiger partial charge in [0.1, 0.15) is 11.5 Å². The molecule has 1 aliphatic rings. The first kappa shape index (κ1) is 17.4. The van der Waals surface area contributed by atoms with Crippen LogP contribution >= 0.6 is 0 Å². The first-order valence-corrected chi connectivity index (χ1v) is 8.43. The number of aliphatic imine (C=N–C) groups is 1. The van der Waals surface area contributed by atoms with E-state index in [4.69, 9.17) is 4.74 Å². The van der Waals surface area contributed by atoms with E-state index in [1.54, 1.807) is 20.2 Å². The van der Waals surface area contributed by atoms with Gasteiger partial charge in [0.2, 0.25) is 0 Å². The van der Waals surface area contributed by atoms with E-state index in [9.17, 15) is 5.11 Å². The Morgan fingerprint density at radius 2 is 2.13 bits per heavy atom. The van der Waals surface area contributed by atoms with Gasteiger partial charge in [-0.2, -0.15) is 0 Å². The molecule has 0 bridgehead atoms. The van der Waals surface area contributed by atoms with Gasteiger partial charge in [0.25, 0.3) is 0 Å². The number of phenols is 1. The molecular weight excluding hydrogens is 290 g/mol. The predicted octanol–water partition coefficient (Wildman–Crippen LogP) is 2.69. The number of phenolic OH excluding ortho intramolecular Hbond substituents is 1. The fraction of sp³-hybridized carbons (Fsp3) is 0.611. The third-order valence-electron chi connectivity index (χ3n) is 5.00. The Kier molecular flexibility index (Phi) is 6.13. The lowest BCUT2D eigenvalue weighted by Gasteiger charge is -2.41. The fourth-order valence-corrected chi connectivity index (χ4v) is 3.02. The normalized spacial score (nSPS) is 16.6. The third kappa shape index (κ3) is 4.53. The molecule has 1 aromatic carbocycles. The molecule has 0 heterocycles. The summed E-state index contributed by atoms with van der Waals surface area (Å²) in [6.45, 7) is 3.97. The summed E-state index contributed by atoms with van der Waals surface area (Å²) in [7, 11) is 3.39. The number of nitrogens with one attached hydrogen (secondary N) is 2. The van der Waals surface area contributed by atoms with Crippen molar-refractivity contribution in [3.63, 3.8) is 0 Å². The van der Waals surface area contributed by atoms with Crippen molar-refractivity contribution in [2.24, 2.45) is 10.4 Å². The van der Waals surface area contributed by atoms with Crippen molar-refractivity contribution < 1.29 is 9.84 Å². The highest BCUT2D eigenvalue weighted by Gasteiger charge is 2.34. The molecule has 23 heavy (non-hydrogen) atoms. The lowest BCUT2D eigenvalue weighted by molar-refractivity contribution is 0.131. The van der Waals surface area contributed by atoms with Gasteiger partial charge in [-0.25, -0.2) is 0 Å². The smallest absolute Gasteiger partial charge is 0.191 e. The van der Waals surface area contributed by atoms with E-state index in [0.717, 1.165) is 31.0 Å². The summed E-state index contributed by atoms with van der Waals surface area (Å²) in [5, 5.41) is 16.7. The number of methoxy groups -OCH3 is 1. The van der Waals surface area contributed by atoms with Crippen LogP contribution in [0.25, 0.3) is 0 Å². The fourth-order valence-electron chi connectivity index (χ4n) is 3.02. The van der Waals surface area contributed by atoms with Gasteiger partial charge in [-0.15, -0.1) is 0 Å². The minimum absolute atomic E-state index is 0.272. The molecule has 0 atom stereocenters. The van der Waals surface area contributed by atoms with Crippen molar-refractivity contribution in [2.75, 3.05) is 27.2 Å². The van der Waals surface area contributed by atoms with Crippen molar-refractivity contribution in [3.05, 3.63) is 23.8 Å². The van der Waals surface area contributed by atoms with E-state index in [1.807, 2.05) is 12.1 Å². The average Bonchev–Trinajstić information content (AvgIpc) is 2.53. The summed E-state index contributed by atoms with van der Waals surface area (Å²) < 4.78 is 5.10. The number of hydrogen-bond donors (Lipinski definition) is 3. The molecule has 1 saturated carbocycles. The quantitative estimate of drug-likeness (QED) is 0.534. The SMILES string of the molecule is CCC1(CNC(=NC)NCCc2ccc(OC)cc2O)CCC1. The zero-order valence-electron chi connectivity index (χ0n) is 14.5. The zero-order chi connectivity index (χ0) is 16.7. The van der Waals surface area contributed by atoms with Gasteiger partial charge in [-0.1, -0.05) is 19.4 Å². The lowest BCUT2D eigenvalue weighted by atomic mass is 9.67. The van der Waals surface area contributed by atoms with E-state index in [0.29, 0.717) is 11.2 Å². The van der Waals surface area contributed by atoms with Crippen molar-refractivity contribution in [2.45, 2.75) is 39.0 Å². The largest absolute Gasteiger partial charge is 0.508 e. The molecule has 1 fully saturated rings. The molecule has 0 amide bonds. The maximum absolute atomic E-state index is 9.97. The van der Waals surface area contributed by atoms with E-state index < -0.39 is 0 Å². The lowest BCUT2D eigenvalue weighted by Crippen LogP contribution is -2.46. The highest BCUT2D eigenvalue weighted by Crippen LogP contribution is 2.42. The summed E-state index contributed by atoms with van der Waals surface area (Å²) in [4.78, 5) is 4.28. The summed E-state index contributed by atoms with van der Waals surface area (Å²) in [5.74, 6) is 1.77. The molecule has 2 rings (SSSR count). The van der Waals surface area contributed by atoms with Crippen LogP contribution in [0, 0.1) is 5.41 Å². The Hall–Kier alpha value is -1.91. The molecule has 0 unspecified atom stereocenters. The van der Waals surface area contributed by atoms with Crippen LogP contribution in [-0.4, -0.2) is 38.3 Å². The minimum Gasteiger partial charge on any atom is -0.508 e. The van der Waals surface area contributed by atoms with E-state index in [1.165, 1.54) is 25.7 Å². The number of guanidine groups is 1. The minimum atomic E-state index is 0.272. The Labute approximate surface area is 139 Å². The van der Waals surface area contributed by atoms with Crippen molar-refractivity contribution in [1.82, 2.24) is 10.6 Å². The predicted molar refractivity (Wildman–Crippen MR) is 94.3 cm³/mol. The van der Waals surface area contributed by atoms with Gasteiger partial charge < -0.3 is 20.5 Å². The van der Waals surface area contributed by atoms with Crippen molar-refractivity contribution in [1.29, 1.82) is 0 Å². The van der Waals surface area contributed by atoms with Crippen LogP contribution in [0.1, 0.15) is 38.2 Å². The zero-order valence-corrected chi connectivity index (χ0v) is 14.5. The van der Waals surface area contributed by atoms with Crippen LogP contribution < -0.4 is 15.4 Å². The Balaban J connectivity index is 1.77. The molecule has 0 saturated heterocycles. The van der Waals surface area contributed by atoms with Gasteiger partial charge in [0.05, 0.1) is 7.11 Å². The number of hydrogen-bond acceptors (Lipinski definition) is 3. The van der Waals surface area contributed by atoms with E-state index in [2.05, 4.69) is 22.5 Å². The second-order valence-corrected chi connectivity index (χ2v) is 6.30. The van der Waals surface area contributed by atoms with Gasteiger partial charge in [0, 0.05) is 26.2 Å². The molecule has 0 aliphatic heterocycles. The molecule has 0 radical (unpaired) electrons. The molecule has 3 N–H and O–H groups in total. The standard InChI is InChI=1S/C18H29N3O2/c1-4-18(9-5-10-18)13-21-17(19-2)20-11-8-14-6-7-15(23-3)12-16(14)22/h6-7,12,22H,4-5,8-11,13H2,1-3H3,(H2,19,20,21). The van der Waals surface area contributed by atoms with Crippen molar-refractivity contribution in [3.8, 4) is 11.5 Å². The molecular formula is C18H29N3O2. The number of aromatic hydroxyl groups is 1. The number of rotatable bonds is 7. The van der Waals surface area contributed by atoms with Crippen LogP contribution in [0.2, 0.25) is 0 Å². The van der Waals surface area contributed by atoms with Gasteiger partial charge in [-0.3, -0.25) is 4.99 Å². The van der Waals surface area contributed by atoms with Crippen LogP contribution in [-0.2, 0) is 6.42 Å². The molecule has 0 aromatic heterocycles. The first-order chi connectivity index (χ1) is 11.1. The Bertz CT molecular complexity index is 534. The van der Waals surface area contributed by atoms with Gasteiger partial charge >= 0.3 is 0 Å². The summed E-state index contributed by atoms with van der Waals surface area (Å²) in [5.41, 5.74) is 1.36. The van der Waals surface area contributed by atoms with Gasteiger partial charge in [0.15, 0.2) is 5.96 Å². The summed E-state index contributed by atoms with van der Waals surface area (Å²) in [6, 6.07) is 5.40. The Morgan fingerprint density at radius 1 is 1.35 bits per heavy atom. The summed E-state index contributed by atoms with van der Waals surface area (Å²) >= 11 is 0. The average molecular weight is 319 g/mol. The maximum Gasteiger partial charge on any atom is 0.191 e. The van der Waals surface area contributed by atoms with Gasteiger partial charge in [-0.05, 0) is 42.7 Å². The van der Waals surface area contributed by atoms with E-state index >= 15 is 0 Å². The van der Waals surface area contributed by atoms with Crippen LogP contribution in [0.4, 0.5) is 0 Å². The maximum atomic E-state index is 9.97. The Morgan fingerprint density at radius 3 is 2.65 bits per heavy atom. The van der Waals surface area contributed by atoms with E-state index in [-0.39, 0.29) is 5.75 Å². The number of ether oxygens (including phenoxy) is 1. The molecule has 5 heteroatoms. The van der Waals surface area contributed by atoms with Crippen LogP contribution in [0.3, 0.4) is 0 Å². The summed E-state index contributed by atoms with van der Waals surface area (Å²) in [6.07, 6.45) is 5.92.